The molecule has 0 amide bonds. The molecule has 0 unspecified atom stereocenters. The summed E-state index contributed by atoms with van der Waals surface area (Å²) in [4.78, 5) is 0. The van der Waals surface area contributed by atoms with Crippen molar-refractivity contribution < 1.29 is 4.74 Å². The fraction of sp³-hybridized carbons (Fsp3) is 0.111. The van der Waals surface area contributed by atoms with Gasteiger partial charge in [0.1, 0.15) is 5.75 Å². The largest absolute Gasteiger partial charge is 0.495 e. The fourth-order valence-electron chi connectivity index (χ4n) is 0.918. The summed E-state index contributed by atoms with van der Waals surface area (Å²) in [5.41, 5.74) is 6.10. The molecule has 2 N–H and O–H groups in total. The van der Waals surface area contributed by atoms with Gasteiger partial charge < -0.3 is 10.5 Å². The smallest absolute Gasteiger partial charge is 0.138 e. The molecule has 0 radical (unpaired) electrons. The van der Waals surface area contributed by atoms with Crippen LogP contribution in [-0.4, -0.2) is 7.11 Å². The Balaban J connectivity index is 3.13. The molecule has 12 heavy (non-hydrogen) atoms. The van der Waals surface area contributed by atoms with Gasteiger partial charge in [-0.2, -0.15) is 0 Å². The van der Waals surface area contributed by atoms with E-state index in [9.17, 15) is 0 Å². The first-order chi connectivity index (χ1) is 5.79. The Kier molecular flexibility index (Phi) is 3.00. The molecule has 1 rings (SSSR count). The molecule has 0 aliphatic carbocycles. The molecule has 0 saturated carbocycles. The molecule has 0 aliphatic rings. The van der Waals surface area contributed by atoms with Gasteiger partial charge in [0.15, 0.2) is 0 Å². The zero-order chi connectivity index (χ0) is 8.97. The second-order valence-electron chi connectivity index (χ2n) is 2.22. The number of halogens is 1. The SMILES string of the molecule is COc1cccc(/C=C/N)c1Cl. The zero-order valence-electron chi connectivity index (χ0n) is 6.75. The van der Waals surface area contributed by atoms with Crippen molar-refractivity contribution in [2.45, 2.75) is 0 Å². The van der Waals surface area contributed by atoms with Crippen molar-refractivity contribution in [2.24, 2.45) is 5.73 Å². The molecule has 1 aromatic rings. The maximum Gasteiger partial charge on any atom is 0.138 e. The number of methoxy groups -OCH3 is 1. The van der Waals surface area contributed by atoms with E-state index in [4.69, 9.17) is 22.1 Å². The fourth-order valence-corrected chi connectivity index (χ4v) is 1.18. The Morgan fingerprint density at radius 1 is 1.50 bits per heavy atom. The third kappa shape index (κ3) is 1.71. The quantitative estimate of drug-likeness (QED) is 0.764. The minimum atomic E-state index is 0.585. The molecule has 64 valence electrons. The average Bonchev–Trinajstić information content (AvgIpc) is 2.09. The maximum atomic E-state index is 5.96. The van der Waals surface area contributed by atoms with Gasteiger partial charge in [-0.05, 0) is 23.9 Å². The van der Waals surface area contributed by atoms with Crippen LogP contribution in [0.5, 0.6) is 5.75 Å². The van der Waals surface area contributed by atoms with Crippen LogP contribution in [0.25, 0.3) is 6.08 Å². The monoisotopic (exact) mass is 183 g/mol. The van der Waals surface area contributed by atoms with Crippen LogP contribution in [0.2, 0.25) is 5.02 Å². The Morgan fingerprint density at radius 2 is 2.25 bits per heavy atom. The summed E-state index contributed by atoms with van der Waals surface area (Å²) < 4.78 is 5.03. The van der Waals surface area contributed by atoms with Gasteiger partial charge in [-0.3, -0.25) is 0 Å². The topological polar surface area (TPSA) is 35.2 Å². The van der Waals surface area contributed by atoms with Crippen LogP contribution < -0.4 is 10.5 Å². The molecule has 3 heteroatoms. The van der Waals surface area contributed by atoms with E-state index in [-0.39, 0.29) is 0 Å². The molecule has 0 bridgehead atoms. The molecule has 0 saturated heterocycles. The predicted octanol–water partition coefficient (Wildman–Crippen LogP) is 2.28. The van der Waals surface area contributed by atoms with E-state index in [0.29, 0.717) is 10.8 Å². The molecular weight excluding hydrogens is 174 g/mol. The highest BCUT2D eigenvalue weighted by Gasteiger charge is 2.02. The van der Waals surface area contributed by atoms with Crippen LogP contribution in [0.1, 0.15) is 5.56 Å². The number of hydrogen-bond acceptors (Lipinski definition) is 2. The summed E-state index contributed by atoms with van der Waals surface area (Å²) in [7, 11) is 1.58. The van der Waals surface area contributed by atoms with Gasteiger partial charge in [-0.25, -0.2) is 0 Å². The first-order valence-electron chi connectivity index (χ1n) is 3.50. The zero-order valence-corrected chi connectivity index (χ0v) is 7.51. The number of benzene rings is 1. The van der Waals surface area contributed by atoms with E-state index in [2.05, 4.69) is 0 Å². The third-order valence-electron chi connectivity index (χ3n) is 1.49. The van der Waals surface area contributed by atoms with Crippen LogP contribution in [0, 0.1) is 0 Å². The second kappa shape index (κ2) is 4.02. The standard InChI is InChI=1S/C9H10ClNO/c1-12-8-4-2-3-7(5-6-11)9(8)10/h2-6H,11H2,1H3/b6-5+. The second-order valence-corrected chi connectivity index (χ2v) is 2.60. The van der Waals surface area contributed by atoms with Gasteiger partial charge >= 0.3 is 0 Å². The van der Waals surface area contributed by atoms with Gasteiger partial charge in [-0.1, -0.05) is 23.7 Å². The van der Waals surface area contributed by atoms with Crippen LogP contribution in [-0.2, 0) is 0 Å². The minimum Gasteiger partial charge on any atom is -0.495 e. The molecule has 1 aromatic carbocycles. The normalized spacial score (nSPS) is 10.5. The van der Waals surface area contributed by atoms with E-state index < -0.39 is 0 Å². The molecule has 0 atom stereocenters. The van der Waals surface area contributed by atoms with E-state index in [1.807, 2.05) is 12.1 Å². The van der Waals surface area contributed by atoms with Gasteiger partial charge in [-0.15, -0.1) is 0 Å². The molecule has 0 heterocycles. The maximum absolute atomic E-state index is 5.96. The van der Waals surface area contributed by atoms with Crippen LogP contribution in [0.4, 0.5) is 0 Å². The molecular formula is C9H10ClNO. The average molecular weight is 184 g/mol. The molecule has 0 aromatic heterocycles. The van der Waals surface area contributed by atoms with E-state index in [1.165, 1.54) is 6.20 Å². The summed E-state index contributed by atoms with van der Waals surface area (Å²) in [6.45, 7) is 0. The van der Waals surface area contributed by atoms with Crippen molar-refractivity contribution in [1.82, 2.24) is 0 Å². The van der Waals surface area contributed by atoms with Crippen LogP contribution in [0.3, 0.4) is 0 Å². The molecule has 0 fully saturated rings. The Morgan fingerprint density at radius 3 is 2.83 bits per heavy atom. The highest BCUT2D eigenvalue weighted by molar-refractivity contribution is 6.33. The number of hydrogen-bond donors (Lipinski definition) is 1. The highest BCUT2D eigenvalue weighted by atomic mass is 35.5. The lowest BCUT2D eigenvalue weighted by Gasteiger charge is -2.04. The van der Waals surface area contributed by atoms with Gasteiger partial charge in [0, 0.05) is 0 Å². The summed E-state index contributed by atoms with van der Waals surface area (Å²) >= 11 is 5.96. The van der Waals surface area contributed by atoms with E-state index in [1.54, 1.807) is 19.3 Å². The van der Waals surface area contributed by atoms with Crippen LogP contribution >= 0.6 is 11.6 Å². The Labute approximate surface area is 76.6 Å². The number of nitrogens with two attached hydrogens (primary N) is 1. The van der Waals surface area contributed by atoms with Crippen molar-refractivity contribution in [3.63, 3.8) is 0 Å². The lowest BCUT2D eigenvalue weighted by molar-refractivity contribution is 0.415. The molecule has 2 nitrogen and oxygen atoms in total. The van der Waals surface area contributed by atoms with Crippen LogP contribution in [0.15, 0.2) is 24.4 Å². The summed E-state index contributed by atoms with van der Waals surface area (Å²) in [6.07, 6.45) is 3.17. The van der Waals surface area contributed by atoms with Crippen molar-refractivity contribution in [2.75, 3.05) is 7.11 Å². The Hall–Kier alpha value is -1.15. The first kappa shape index (κ1) is 8.94. The van der Waals surface area contributed by atoms with Gasteiger partial charge in [0.2, 0.25) is 0 Å². The van der Waals surface area contributed by atoms with Crippen molar-refractivity contribution in [3.05, 3.63) is 35.0 Å². The predicted molar refractivity (Wildman–Crippen MR) is 51.2 cm³/mol. The summed E-state index contributed by atoms with van der Waals surface area (Å²) in [5, 5.41) is 0.585. The van der Waals surface area contributed by atoms with Gasteiger partial charge in [0.25, 0.3) is 0 Å². The van der Waals surface area contributed by atoms with Crippen molar-refractivity contribution in [1.29, 1.82) is 0 Å². The number of ether oxygens (including phenoxy) is 1. The van der Waals surface area contributed by atoms with E-state index >= 15 is 0 Å². The lowest BCUT2D eigenvalue weighted by Crippen LogP contribution is -1.86. The molecule has 0 aliphatic heterocycles. The number of rotatable bonds is 2. The highest BCUT2D eigenvalue weighted by Crippen LogP contribution is 2.28. The van der Waals surface area contributed by atoms with Gasteiger partial charge in [0.05, 0.1) is 12.1 Å². The first-order valence-corrected chi connectivity index (χ1v) is 3.88. The summed E-state index contributed by atoms with van der Waals surface area (Å²) in [6, 6.07) is 5.53. The lowest BCUT2D eigenvalue weighted by atomic mass is 10.2. The third-order valence-corrected chi connectivity index (χ3v) is 1.89. The van der Waals surface area contributed by atoms with Crippen molar-refractivity contribution >= 4 is 17.7 Å². The van der Waals surface area contributed by atoms with Crippen molar-refractivity contribution in [3.8, 4) is 5.75 Å². The minimum absolute atomic E-state index is 0.585. The summed E-state index contributed by atoms with van der Waals surface area (Å²) in [5.74, 6) is 0.660. The Bertz CT molecular complexity index is 297. The van der Waals surface area contributed by atoms with E-state index in [0.717, 1.165) is 5.56 Å². The molecule has 0 spiro atoms.